The van der Waals surface area contributed by atoms with Crippen LogP contribution in [-0.2, 0) is 13.1 Å². The van der Waals surface area contributed by atoms with Gasteiger partial charge in [0.2, 0.25) is 0 Å². The van der Waals surface area contributed by atoms with E-state index in [0.29, 0.717) is 22.2 Å². The first-order chi connectivity index (χ1) is 32.3. The lowest BCUT2D eigenvalue weighted by Crippen LogP contribution is -2.30. The predicted octanol–water partition coefficient (Wildman–Crippen LogP) is 8.94. The predicted molar refractivity (Wildman–Crippen MR) is 261 cm³/mol. The normalized spacial score (nSPS) is 10.6. The molecule has 328 valence electrons. The van der Waals surface area contributed by atoms with Crippen molar-refractivity contribution in [3.8, 4) is 22.8 Å². The van der Waals surface area contributed by atoms with E-state index in [2.05, 4.69) is 98.2 Å². The average molecular weight is 895 g/mol. The second-order valence-corrected chi connectivity index (χ2v) is 15.1. The van der Waals surface area contributed by atoms with E-state index in [-0.39, 0.29) is 0 Å². The molecule has 14 nitrogen and oxygen atoms in total. The molecule has 4 heterocycles. The maximum absolute atomic E-state index is 8.81. The monoisotopic (exact) mass is 894 g/mol. The topological polar surface area (TPSA) is 170 Å². The maximum Gasteiger partial charge on any atom is 0.492 e. The molecule has 0 bridgehead atoms. The Labute approximate surface area is 386 Å². The number of hydrogen-bond acceptors (Lipinski definition) is 12. The van der Waals surface area contributed by atoms with Crippen molar-refractivity contribution in [3.05, 3.63) is 199 Å². The van der Waals surface area contributed by atoms with E-state index >= 15 is 0 Å². The van der Waals surface area contributed by atoms with Crippen LogP contribution in [0, 0.1) is 0 Å². The molecular weight excluding hydrogens is 851 g/mol. The Balaban J connectivity index is 0.000000149. The first-order valence-electron chi connectivity index (χ1n) is 20.8. The lowest BCUT2D eigenvalue weighted by atomic mass is 9.80. The highest BCUT2D eigenvalue weighted by molar-refractivity contribution is 6.59. The molecule has 0 spiro atoms. The van der Waals surface area contributed by atoms with Crippen LogP contribution in [0.3, 0.4) is 0 Å². The van der Waals surface area contributed by atoms with E-state index in [9.17, 15) is 0 Å². The van der Waals surface area contributed by atoms with Crippen LogP contribution in [0.2, 0.25) is 5.15 Å². The smallest absolute Gasteiger partial charge is 0.492 e. The first kappa shape index (κ1) is 44.5. The second-order valence-electron chi connectivity index (χ2n) is 14.7. The molecule has 10 rings (SSSR count). The highest BCUT2D eigenvalue weighted by Crippen LogP contribution is 2.29. The highest BCUT2D eigenvalue weighted by atomic mass is 35.5. The molecule has 66 heavy (non-hydrogen) atoms. The molecule has 0 aliphatic carbocycles. The number of ether oxygens (including phenoxy) is 2. The van der Waals surface area contributed by atoms with Crippen LogP contribution in [-0.4, -0.2) is 70.4 Å². The Morgan fingerprint density at radius 2 is 1.02 bits per heavy atom. The number of imidazole rings is 2. The van der Waals surface area contributed by atoms with Crippen LogP contribution in [0.25, 0.3) is 33.3 Å². The standard InChI is InChI=1S/C25H21N5O.C18H14ClN5.C7H9BO3/c1-31-24-9-5-2-6-20(24)22-14-25(27-16-26-22)29-19-12-10-18(11-13-19)15-30-17-28-21-7-3-4-8-23(21)30;19-17-9-18(21-11-20-17)23-14-7-5-13(6-8-14)10-24-12-22-15-3-1-2-4-16(15)24;1-11-7-5-3-2-4-6(7)8(9)10/h2-14,16-17H,15H2,1H3,(H,26,27,29);1-9,11-12H,10H2,(H,20,21,23);2-5,9-10H,1H3. The lowest BCUT2D eigenvalue weighted by molar-refractivity contribution is 0.403. The first-order valence-corrected chi connectivity index (χ1v) is 21.1. The van der Waals surface area contributed by atoms with Gasteiger partial charge in [-0.05, 0) is 77.9 Å². The summed E-state index contributed by atoms with van der Waals surface area (Å²) >= 11 is 5.86. The zero-order valence-corrected chi connectivity index (χ0v) is 36.7. The number of rotatable bonds is 12. The molecule has 10 aromatic rings. The number of nitrogens with one attached hydrogen (secondary N) is 2. The van der Waals surface area contributed by atoms with Gasteiger partial charge in [0.05, 0.1) is 54.6 Å². The number of anilines is 4. The number of fused-ring (bicyclic) bond motifs is 2. The molecule has 0 radical (unpaired) electrons. The third-order valence-corrected chi connectivity index (χ3v) is 10.5. The van der Waals surface area contributed by atoms with Crippen LogP contribution >= 0.6 is 11.6 Å². The zero-order valence-electron chi connectivity index (χ0n) is 36.0. The fourth-order valence-electron chi connectivity index (χ4n) is 7.06. The van der Waals surface area contributed by atoms with Gasteiger partial charge in [0, 0.05) is 47.6 Å². The molecular formula is C50H44BClN10O4. The highest BCUT2D eigenvalue weighted by Gasteiger charge is 2.15. The molecule has 0 saturated heterocycles. The Morgan fingerprint density at radius 1 is 0.530 bits per heavy atom. The summed E-state index contributed by atoms with van der Waals surface area (Å²) in [5.41, 5.74) is 10.7. The van der Waals surface area contributed by atoms with E-state index in [4.69, 9.17) is 31.1 Å². The van der Waals surface area contributed by atoms with E-state index in [0.717, 1.165) is 69.4 Å². The van der Waals surface area contributed by atoms with Crippen molar-refractivity contribution in [2.45, 2.75) is 13.1 Å². The average Bonchev–Trinajstić information content (AvgIpc) is 3.97. The van der Waals surface area contributed by atoms with Crippen molar-refractivity contribution in [3.63, 3.8) is 0 Å². The Hall–Kier alpha value is -8.11. The fourth-order valence-corrected chi connectivity index (χ4v) is 7.21. The summed E-state index contributed by atoms with van der Waals surface area (Å²) in [6, 6.07) is 51.0. The quantitative estimate of drug-likeness (QED) is 0.0680. The van der Waals surface area contributed by atoms with Crippen molar-refractivity contribution >= 4 is 69.3 Å². The van der Waals surface area contributed by atoms with E-state index < -0.39 is 7.12 Å². The number of aromatic nitrogens is 8. The van der Waals surface area contributed by atoms with Gasteiger partial charge in [0.1, 0.15) is 40.9 Å². The van der Waals surface area contributed by atoms with Crippen molar-refractivity contribution < 1.29 is 19.5 Å². The minimum Gasteiger partial charge on any atom is -0.497 e. The third-order valence-electron chi connectivity index (χ3n) is 10.3. The summed E-state index contributed by atoms with van der Waals surface area (Å²) in [6.07, 6.45) is 6.75. The second kappa shape index (κ2) is 21.5. The molecule has 0 fully saturated rings. The van der Waals surface area contributed by atoms with E-state index in [1.54, 1.807) is 43.8 Å². The number of para-hydroxylation sites is 6. The Bertz CT molecular complexity index is 3150. The van der Waals surface area contributed by atoms with Crippen molar-refractivity contribution in [1.82, 2.24) is 39.0 Å². The van der Waals surface area contributed by atoms with Gasteiger partial charge in [-0.2, -0.15) is 0 Å². The summed E-state index contributed by atoms with van der Waals surface area (Å²) in [7, 11) is 1.68. The van der Waals surface area contributed by atoms with Crippen molar-refractivity contribution in [2.24, 2.45) is 0 Å². The number of benzene rings is 6. The minimum absolute atomic E-state index is 0.384. The molecule has 0 saturated carbocycles. The number of methoxy groups -OCH3 is 2. The van der Waals surface area contributed by atoms with Crippen LogP contribution in [0.5, 0.6) is 11.5 Å². The van der Waals surface area contributed by atoms with Gasteiger partial charge < -0.3 is 39.3 Å². The molecule has 0 aliphatic heterocycles. The van der Waals surface area contributed by atoms with Crippen LogP contribution in [0.4, 0.5) is 23.0 Å². The fraction of sp³-hybridized carbons (Fsp3) is 0.0800. The van der Waals surface area contributed by atoms with Gasteiger partial charge in [-0.25, -0.2) is 29.9 Å². The molecule has 4 aromatic heterocycles. The summed E-state index contributed by atoms with van der Waals surface area (Å²) in [4.78, 5) is 25.6. The number of nitrogens with zero attached hydrogens (tertiary/aromatic N) is 8. The van der Waals surface area contributed by atoms with Crippen molar-refractivity contribution in [2.75, 3.05) is 24.9 Å². The van der Waals surface area contributed by atoms with Crippen LogP contribution < -0.4 is 25.6 Å². The van der Waals surface area contributed by atoms with Gasteiger partial charge in [0.15, 0.2) is 0 Å². The molecule has 0 amide bonds. The summed E-state index contributed by atoms with van der Waals surface area (Å²) < 4.78 is 14.6. The number of hydrogen-bond donors (Lipinski definition) is 4. The van der Waals surface area contributed by atoms with Gasteiger partial charge in [0.25, 0.3) is 0 Å². The zero-order chi connectivity index (χ0) is 45.7. The van der Waals surface area contributed by atoms with E-state index in [1.165, 1.54) is 24.6 Å². The molecule has 16 heteroatoms. The lowest BCUT2D eigenvalue weighted by Gasteiger charge is -2.10. The third kappa shape index (κ3) is 11.3. The molecule has 4 N–H and O–H groups in total. The van der Waals surface area contributed by atoms with Gasteiger partial charge in [-0.1, -0.05) is 90.5 Å². The van der Waals surface area contributed by atoms with E-state index in [1.807, 2.05) is 91.5 Å². The Kier molecular flexibility index (Phi) is 14.5. The summed E-state index contributed by atoms with van der Waals surface area (Å²) in [5, 5.41) is 24.6. The molecule has 6 aromatic carbocycles. The van der Waals surface area contributed by atoms with Crippen molar-refractivity contribution in [1.29, 1.82) is 0 Å². The summed E-state index contributed by atoms with van der Waals surface area (Å²) in [6.45, 7) is 1.55. The minimum atomic E-state index is -1.47. The molecule has 0 aliphatic rings. The number of halogens is 1. The van der Waals surface area contributed by atoms with Crippen LogP contribution in [0.1, 0.15) is 11.1 Å². The largest absolute Gasteiger partial charge is 0.497 e. The van der Waals surface area contributed by atoms with Gasteiger partial charge in [-0.15, -0.1) is 0 Å². The molecule has 0 unspecified atom stereocenters. The van der Waals surface area contributed by atoms with Crippen LogP contribution in [0.15, 0.2) is 183 Å². The summed E-state index contributed by atoms with van der Waals surface area (Å²) in [5.74, 6) is 2.67. The maximum atomic E-state index is 8.81. The SMILES string of the molecule is COc1ccccc1-c1cc(Nc2ccc(Cn3cnc4ccccc43)cc2)ncn1.COc1ccccc1B(O)O.Clc1cc(Nc2ccc(Cn3cnc4ccccc43)cc2)ncn1. The van der Waals surface area contributed by atoms with Gasteiger partial charge in [-0.3, -0.25) is 0 Å². The Morgan fingerprint density at radius 3 is 1.55 bits per heavy atom. The van der Waals surface area contributed by atoms with Gasteiger partial charge >= 0.3 is 7.12 Å². The molecule has 0 atom stereocenters.